The molecule has 3 heterocycles. The number of fused-ring (bicyclic) bond motifs is 1. The molecule has 5 rings (SSSR count). The van der Waals surface area contributed by atoms with Crippen molar-refractivity contribution in [3.63, 3.8) is 0 Å². The first-order valence-electron chi connectivity index (χ1n) is 12.3. The summed E-state index contributed by atoms with van der Waals surface area (Å²) < 4.78 is 13.0. The third kappa shape index (κ3) is 5.47. The number of nitrogens with zero attached hydrogens (tertiary/aromatic N) is 5. The molecule has 188 valence electrons. The average molecular weight is 489 g/mol. The molecule has 0 radical (unpaired) electrons. The number of H-pyrrole nitrogens is 1. The smallest absolute Gasteiger partial charge is 0.252 e. The summed E-state index contributed by atoms with van der Waals surface area (Å²) in [4.78, 5) is 18.3. The first-order valence-corrected chi connectivity index (χ1v) is 12.3. The van der Waals surface area contributed by atoms with Crippen molar-refractivity contribution in [2.75, 3.05) is 20.3 Å². The van der Waals surface area contributed by atoms with Gasteiger partial charge in [0.15, 0.2) is 5.82 Å². The number of nitrogens with one attached hydrogen (secondary N) is 1. The molecule has 9 nitrogen and oxygen atoms in total. The Morgan fingerprint density at radius 3 is 2.75 bits per heavy atom. The topological polar surface area (TPSA) is 98.2 Å². The summed E-state index contributed by atoms with van der Waals surface area (Å²) in [5.74, 6) is 1.55. The summed E-state index contributed by atoms with van der Waals surface area (Å²) in [6.45, 7) is 7.14. The van der Waals surface area contributed by atoms with Gasteiger partial charge in [0.05, 0.1) is 26.3 Å². The lowest BCUT2D eigenvalue weighted by Crippen LogP contribution is -2.34. The van der Waals surface area contributed by atoms with Crippen molar-refractivity contribution in [1.29, 1.82) is 0 Å². The second-order valence-corrected chi connectivity index (χ2v) is 9.57. The van der Waals surface area contributed by atoms with Crippen LogP contribution in [0.5, 0.6) is 5.75 Å². The number of methoxy groups -OCH3 is 1. The Bertz CT molecular complexity index is 1390. The van der Waals surface area contributed by atoms with Gasteiger partial charge in [-0.05, 0) is 78.1 Å². The number of aromatic nitrogens is 5. The minimum Gasteiger partial charge on any atom is -0.497 e. The quantitative estimate of drug-likeness (QED) is 0.386. The second kappa shape index (κ2) is 10.6. The minimum absolute atomic E-state index is 0.0670. The summed E-state index contributed by atoms with van der Waals surface area (Å²) in [6.07, 6.45) is 2.21. The predicted molar refractivity (Wildman–Crippen MR) is 137 cm³/mol. The fourth-order valence-corrected chi connectivity index (χ4v) is 4.90. The predicted octanol–water partition coefficient (Wildman–Crippen LogP) is 3.37. The molecule has 1 aliphatic rings. The lowest BCUT2D eigenvalue weighted by molar-refractivity contribution is 0.0663. The molecule has 4 aromatic rings. The summed E-state index contributed by atoms with van der Waals surface area (Å²) in [5.41, 5.74) is 4.88. The van der Waals surface area contributed by atoms with E-state index >= 15 is 0 Å². The van der Waals surface area contributed by atoms with Crippen molar-refractivity contribution in [2.24, 2.45) is 0 Å². The number of pyridine rings is 1. The standard InChI is InChI=1S/C27H32N6O3/c1-18-11-19(2)24-13-21(27(34)28-25(24)12-18)15-32(16-23-5-4-10-36-23)17-26-29-30-31-33(26)14-20-6-8-22(35-3)9-7-20/h6-9,11-13,23H,4-5,10,14-17H2,1-3H3,(H,28,34). The highest BCUT2D eigenvalue weighted by Crippen LogP contribution is 2.21. The van der Waals surface area contributed by atoms with Crippen molar-refractivity contribution >= 4 is 10.9 Å². The molecule has 1 N–H and O–H groups in total. The summed E-state index contributed by atoms with van der Waals surface area (Å²) >= 11 is 0. The number of aryl methyl sites for hydroxylation is 2. The molecule has 1 saturated heterocycles. The van der Waals surface area contributed by atoms with E-state index in [1.807, 2.05) is 48.0 Å². The van der Waals surface area contributed by atoms with Gasteiger partial charge in [0.1, 0.15) is 5.75 Å². The van der Waals surface area contributed by atoms with Gasteiger partial charge in [-0.1, -0.05) is 18.2 Å². The number of benzene rings is 2. The van der Waals surface area contributed by atoms with Gasteiger partial charge < -0.3 is 14.5 Å². The highest BCUT2D eigenvalue weighted by Gasteiger charge is 2.22. The maximum atomic E-state index is 13.0. The monoisotopic (exact) mass is 488 g/mol. The van der Waals surface area contributed by atoms with Crippen molar-refractivity contribution in [3.8, 4) is 5.75 Å². The molecule has 0 aliphatic carbocycles. The van der Waals surface area contributed by atoms with Crippen LogP contribution in [0.25, 0.3) is 10.9 Å². The number of tetrazole rings is 1. The van der Waals surface area contributed by atoms with Gasteiger partial charge in [-0.25, -0.2) is 4.68 Å². The number of aromatic amines is 1. The molecule has 1 unspecified atom stereocenters. The van der Waals surface area contributed by atoms with Crippen LogP contribution in [-0.4, -0.2) is 56.5 Å². The lowest BCUT2D eigenvalue weighted by atomic mass is 10.0. The molecule has 9 heteroatoms. The SMILES string of the molecule is COc1ccc(Cn2nnnc2CN(Cc2cc3c(C)cc(C)cc3[nH]c2=O)CC2CCCO2)cc1. The fraction of sp³-hybridized carbons (Fsp3) is 0.407. The Hall–Kier alpha value is -3.56. The van der Waals surface area contributed by atoms with E-state index in [2.05, 4.69) is 38.4 Å². The zero-order valence-electron chi connectivity index (χ0n) is 21.0. The first kappa shape index (κ1) is 24.1. The number of hydrogen-bond acceptors (Lipinski definition) is 7. The molecule has 36 heavy (non-hydrogen) atoms. The molecule has 2 aromatic carbocycles. The van der Waals surface area contributed by atoms with E-state index in [1.54, 1.807) is 7.11 Å². The van der Waals surface area contributed by atoms with E-state index in [0.29, 0.717) is 26.2 Å². The zero-order valence-corrected chi connectivity index (χ0v) is 21.0. The molecule has 0 saturated carbocycles. The largest absolute Gasteiger partial charge is 0.497 e. The Morgan fingerprint density at radius 1 is 1.17 bits per heavy atom. The zero-order chi connectivity index (χ0) is 25.1. The minimum atomic E-state index is -0.0670. The van der Waals surface area contributed by atoms with Crippen LogP contribution >= 0.6 is 0 Å². The molecular formula is C27H32N6O3. The number of ether oxygens (including phenoxy) is 2. The highest BCUT2D eigenvalue weighted by atomic mass is 16.5. The van der Waals surface area contributed by atoms with Gasteiger partial charge in [0.2, 0.25) is 0 Å². The van der Waals surface area contributed by atoms with Crippen LogP contribution in [0.2, 0.25) is 0 Å². The molecule has 1 atom stereocenters. The third-order valence-electron chi connectivity index (χ3n) is 6.73. The van der Waals surface area contributed by atoms with E-state index in [1.165, 1.54) is 0 Å². The van der Waals surface area contributed by atoms with Crippen LogP contribution in [-0.2, 0) is 24.4 Å². The van der Waals surface area contributed by atoms with Crippen LogP contribution < -0.4 is 10.3 Å². The second-order valence-electron chi connectivity index (χ2n) is 9.57. The van der Waals surface area contributed by atoms with Crippen molar-refractivity contribution in [2.45, 2.75) is 52.4 Å². The van der Waals surface area contributed by atoms with Crippen LogP contribution in [0.15, 0.2) is 47.3 Å². The molecule has 1 fully saturated rings. The van der Waals surface area contributed by atoms with Crippen LogP contribution in [0, 0.1) is 13.8 Å². The van der Waals surface area contributed by atoms with Crippen LogP contribution in [0.1, 0.15) is 40.9 Å². The van der Waals surface area contributed by atoms with E-state index in [0.717, 1.165) is 64.2 Å². The molecule has 0 spiro atoms. The molecule has 1 aliphatic heterocycles. The molecule has 0 amide bonds. The van der Waals surface area contributed by atoms with Gasteiger partial charge >= 0.3 is 0 Å². The lowest BCUT2D eigenvalue weighted by Gasteiger charge is -2.24. The van der Waals surface area contributed by atoms with Crippen molar-refractivity contribution in [1.82, 2.24) is 30.1 Å². The highest BCUT2D eigenvalue weighted by molar-refractivity contribution is 5.83. The Balaban J connectivity index is 1.40. The van der Waals surface area contributed by atoms with Crippen molar-refractivity contribution in [3.05, 3.63) is 80.9 Å². The van der Waals surface area contributed by atoms with Crippen LogP contribution in [0.4, 0.5) is 0 Å². The summed E-state index contributed by atoms with van der Waals surface area (Å²) in [6, 6.07) is 14.1. The van der Waals surface area contributed by atoms with E-state index < -0.39 is 0 Å². The first-order chi connectivity index (χ1) is 17.5. The summed E-state index contributed by atoms with van der Waals surface area (Å²) in [5, 5.41) is 13.5. The molecule has 0 bridgehead atoms. The van der Waals surface area contributed by atoms with Crippen molar-refractivity contribution < 1.29 is 9.47 Å². The Kier molecular flexibility index (Phi) is 7.11. The normalized spacial score (nSPS) is 15.7. The average Bonchev–Trinajstić information content (AvgIpc) is 3.53. The number of rotatable bonds is 9. The van der Waals surface area contributed by atoms with E-state index in [4.69, 9.17) is 9.47 Å². The van der Waals surface area contributed by atoms with Gasteiger partial charge in [-0.2, -0.15) is 0 Å². The van der Waals surface area contributed by atoms with E-state index in [9.17, 15) is 4.79 Å². The Morgan fingerprint density at radius 2 is 2.00 bits per heavy atom. The number of hydrogen-bond donors (Lipinski definition) is 1. The Labute approximate surface area is 210 Å². The molecular weight excluding hydrogens is 456 g/mol. The van der Waals surface area contributed by atoms with Gasteiger partial charge in [-0.3, -0.25) is 9.69 Å². The molecule has 2 aromatic heterocycles. The maximum Gasteiger partial charge on any atom is 0.252 e. The van der Waals surface area contributed by atoms with Crippen LogP contribution in [0.3, 0.4) is 0 Å². The third-order valence-corrected chi connectivity index (χ3v) is 6.73. The maximum absolute atomic E-state index is 13.0. The fourth-order valence-electron chi connectivity index (χ4n) is 4.90. The summed E-state index contributed by atoms with van der Waals surface area (Å²) in [7, 11) is 1.65. The van der Waals surface area contributed by atoms with E-state index in [-0.39, 0.29) is 11.7 Å². The van der Waals surface area contributed by atoms with Gasteiger partial charge in [0, 0.05) is 36.2 Å². The van der Waals surface area contributed by atoms with Gasteiger partial charge in [0.25, 0.3) is 5.56 Å². The van der Waals surface area contributed by atoms with Gasteiger partial charge in [-0.15, -0.1) is 5.10 Å².